The third-order valence-electron chi connectivity index (χ3n) is 3.85. The van der Waals surface area contributed by atoms with Crippen LogP contribution in [-0.2, 0) is 13.0 Å². The van der Waals surface area contributed by atoms with Crippen molar-refractivity contribution in [2.75, 3.05) is 6.61 Å². The molecule has 3 heteroatoms. The lowest BCUT2D eigenvalue weighted by Crippen LogP contribution is -2.02. The Bertz CT molecular complexity index is 822. The van der Waals surface area contributed by atoms with E-state index in [1.165, 1.54) is 0 Å². The van der Waals surface area contributed by atoms with E-state index in [0.717, 1.165) is 33.3 Å². The van der Waals surface area contributed by atoms with E-state index in [1.54, 1.807) is 6.08 Å². The largest absolute Gasteiger partial charge is 0.513 e. The molecule has 0 bridgehead atoms. The molecular formula is C21H25NO2. The minimum Gasteiger partial charge on any atom is -0.513 e. The molecule has 24 heavy (non-hydrogen) atoms. The summed E-state index contributed by atoms with van der Waals surface area (Å²) in [5.41, 5.74) is 5.38. The summed E-state index contributed by atoms with van der Waals surface area (Å²) in [7, 11) is 0. The molecule has 0 fully saturated rings. The van der Waals surface area contributed by atoms with Crippen LogP contribution >= 0.6 is 0 Å². The molecule has 2 aromatic rings. The first-order chi connectivity index (χ1) is 11.4. The van der Waals surface area contributed by atoms with Gasteiger partial charge >= 0.3 is 0 Å². The van der Waals surface area contributed by atoms with Crippen LogP contribution in [0.3, 0.4) is 0 Å². The second-order valence-electron chi connectivity index (χ2n) is 6.12. The second kappa shape index (κ2) is 7.84. The molecule has 0 aliphatic carbocycles. The number of aromatic nitrogens is 1. The number of nitrogens with zero attached hydrogens (tertiary/aromatic N) is 1. The molecule has 2 N–H and O–H groups in total. The minimum absolute atomic E-state index is 0.0156. The zero-order chi connectivity index (χ0) is 17.7. The maximum Gasteiger partial charge on any atom is 0.0895 e. The molecule has 1 heterocycles. The van der Waals surface area contributed by atoms with E-state index < -0.39 is 0 Å². The summed E-state index contributed by atoms with van der Waals surface area (Å²) in [5.74, 6) is 0.168. The van der Waals surface area contributed by atoms with E-state index in [2.05, 4.69) is 36.8 Å². The lowest BCUT2D eigenvalue weighted by molar-refractivity contribution is 0.342. The lowest BCUT2D eigenvalue weighted by atomic mass is 10.1. The minimum atomic E-state index is 0.0156. The highest BCUT2D eigenvalue weighted by Crippen LogP contribution is 2.26. The van der Waals surface area contributed by atoms with Crippen molar-refractivity contribution in [3.63, 3.8) is 0 Å². The van der Waals surface area contributed by atoms with Crippen LogP contribution in [0.15, 0.2) is 72.6 Å². The van der Waals surface area contributed by atoms with Gasteiger partial charge in [-0.1, -0.05) is 49.1 Å². The van der Waals surface area contributed by atoms with Gasteiger partial charge in [-0.2, -0.15) is 0 Å². The summed E-state index contributed by atoms with van der Waals surface area (Å²) in [6, 6.07) is 8.24. The number of rotatable bonds is 7. The highest BCUT2D eigenvalue weighted by molar-refractivity contribution is 5.85. The molecule has 0 aliphatic rings. The summed E-state index contributed by atoms with van der Waals surface area (Å²) in [6.07, 6.45) is 6.15. The Hall–Kier alpha value is -2.52. The first kappa shape index (κ1) is 17.8. The average molecular weight is 323 g/mol. The summed E-state index contributed by atoms with van der Waals surface area (Å²) in [6.45, 7) is 12.3. The number of fused-ring (bicyclic) bond motifs is 1. The van der Waals surface area contributed by atoms with Gasteiger partial charge in [0.05, 0.1) is 12.4 Å². The van der Waals surface area contributed by atoms with Crippen LogP contribution in [-0.4, -0.2) is 21.4 Å². The number of aryl methyl sites for hydroxylation is 1. The van der Waals surface area contributed by atoms with Gasteiger partial charge in [0.2, 0.25) is 0 Å². The monoisotopic (exact) mass is 323 g/mol. The molecule has 0 radical (unpaired) electrons. The van der Waals surface area contributed by atoms with Gasteiger partial charge in [-0.25, -0.2) is 0 Å². The number of benzene rings is 1. The Morgan fingerprint density at radius 2 is 2.04 bits per heavy atom. The Kier molecular flexibility index (Phi) is 5.83. The van der Waals surface area contributed by atoms with Crippen LogP contribution in [0.1, 0.15) is 18.2 Å². The second-order valence-corrected chi connectivity index (χ2v) is 6.12. The highest BCUT2D eigenvalue weighted by Gasteiger charge is 2.10. The van der Waals surface area contributed by atoms with Gasteiger partial charge in [-0.05, 0) is 37.1 Å². The normalized spacial score (nSPS) is 12.2. The Labute approximate surface area is 143 Å². The molecule has 0 saturated carbocycles. The molecule has 0 amide bonds. The van der Waals surface area contributed by atoms with Crippen LogP contribution in [0.5, 0.6) is 0 Å². The average Bonchev–Trinajstić information content (AvgIpc) is 2.81. The molecule has 0 unspecified atom stereocenters. The van der Waals surface area contributed by atoms with Crippen LogP contribution in [0.2, 0.25) is 0 Å². The van der Waals surface area contributed by atoms with Crippen molar-refractivity contribution in [2.45, 2.75) is 26.8 Å². The molecule has 0 saturated heterocycles. The number of allylic oxidation sites excluding steroid dienone is 5. The molecule has 0 atom stereocenters. The van der Waals surface area contributed by atoms with E-state index in [1.807, 2.05) is 31.2 Å². The van der Waals surface area contributed by atoms with Crippen molar-refractivity contribution >= 4 is 10.9 Å². The zero-order valence-corrected chi connectivity index (χ0v) is 14.4. The first-order valence-electron chi connectivity index (χ1n) is 8.00. The molecule has 3 nitrogen and oxygen atoms in total. The van der Waals surface area contributed by atoms with E-state index in [-0.39, 0.29) is 12.4 Å². The van der Waals surface area contributed by atoms with Gasteiger partial charge in [-0.15, -0.1) is 0 Å². The van der Waals surface area contributed by atoms with Crippen molar-refractivity contribution in [3.05, 3.63) is 83.8 Å². The fourth-order valence-corrected chi connectivity index (χ4v) is 2.91. The quantitative estimate of drug-likeness (QED) is 0.577. The summed E-state index contributed by atoms with van der Waals surface area (Å²) >= 11 is 0. The number of aliphatic hydroxyl groups is 2. The molecule has 0 spiro atoms. The van der Waals surface area contributed by atoms with E-state index in [0.29, 0.717) is 13.0 Å². The van der Waals surface area contributed by atoms with E-state index in [9.17, 15) is 5.11 Å². The SMILES string of the molecule is C=C(C)/C=C(\C=C/CO)Cn1c(C)cc2c(CC(=C)O)cccc21. The standard InChI is InChI=1S/C21H25NO2/c1-15(2)11-18(7-6-10-23)14-22-16(3)12-20-19(13-17(4)24)8-5-9-21(20)22/h5-9,11-12,23-24H,1,4,10,13-14H2,2-3H3/b7-6-,18-11+. The van der Waals surface area contributed by atoms with Crippen molar-refractivity contribution < 1.29 is 10.2 Å². The van der Waals surface area contributed by atoms with Gasteiger partial charge in [0.1, 0.15) is 0 Å². The fraction of sp³-hybridized carbons (Fsp3) is 0.238. The third-order valence-corrected chi connectivity index (χ3v) is 3.85. The van der Waals surface area contributed by atoms with Crippen LogP contribution < -0.4 is 0 Å². The Morgan fingerprint density at radius 1 is 1.29 bits per heavy atom. The highest BCUT2D eigenvalue weighted by atomic mass is 16.3. The lowest BCUT2D eigenvalue weighted by Gasteiger charge is -2.11. The fourth-order valence-electron chi connectivity index (χ4n) is 2.91. The van der Waals surface area contributed by atoms with Crippen LogP contribution in [0.4, 0.5) is 0 Å². The molecular weight excluding hydrogens is 298 g/mol. The van der Waals surface area contributed by atoms with Gasteiger partial charge < -0.3 is 14.8 Å². The Balaban J connectivity index is 2.48. The van der Waals surface area contributed by atoms with E-state index in [4.69, 9.17) is 5.11 Å². The number of hydrogen-bond acceptors (Lipinski definition) is 2. The maximum atomic E-state index is 9.53. The van der Waals surface area contributed by atoms with Gasteiger partial charge in [0.25, 0.3) is 0 Å². The van der Waals surface area contributed by atoms with Gasteiger partial charge in [0.15, 0.2) is 0 Å². The van der Waals surface area contributed by atoms with Crippen molar-refractivity contribution in [2.24, 2.45) is 0 Å². The maximum absolute atomic E-state index is 9.53. The molecule has 1 aromatic heterocycles. The molecule has 2 rings (SSSR count). The number of hydrogen-bond donors (Lipinski definition) is 2. The number of aliphatic hydroxyl groups excluding tert-OH is 2. The predicted octanol–water partition coefficient (Wildman–Crippen LogP) is 4.61. The molecule has 0 aliphatic heterocycles. The summed E-state index contributed by atoms with van der Waals surface area (Å²) < 4.78 is 2.23. The third kappa shape index (κ3) is 4.27. The van der Waals surface area contributed by atoms with Crippen LogP contribution in [0.25, 0.3) is 10.9 Å². The topological polar surface area (TPSA) is 45.4 Å². The van der Waals surface area contributed by atoms with Crippen molar-refractivity contribution in [1.29, 1.82) is 0 Å². The Morgan fingerprint density at radius 3 is 2.67 bits per heavy atom. The van der Waals surface area contributed by atoms with Crippen LogP contribution in [0, 0.1) is 6.92 Å². The smallest absolute Gasteiger partial charge is 0.0895 e. The zero-order valence-electron chi connectivity index (χ0n) is 14.4. The van der Waals surface area contributed by atoms with Crippen molar-refractivity contribution in [3.8, 4) is 0 Å². The van der Waals surface area contributed by atoms with Gasteiger partial charge in [-0.3, -0.25) is 0 Å². The molecule has 1 aromatic carbocycles. The van der Waals surface area contributed by atoms with Crippen molar-refractivity contribution in [1.82, 2.24) is 4.57 Å². The predicted molar refractivity (Wildman–Crippen MR) is 101 cm³/mol. The molecule has 126 valence electrons. The summed E-state index contributed by atoms with van der Waals surface area (Å²) in [5, 5.41) is 19.7. The van der Waals surface area contributed by atoms with E-state index >= 15 is 0 Å². The summed E-state index contributed by atoms with van der Waals surface area (Å²) in [4.78, 5) is 0. The van der Waals surface area contributed by atoms with Gasteiger partial charge in [0, 0.05) is 29.6 Å². The first-order valence-corrected chi connectivity index (χ1v) is 8.00.